The van der Waals surface area contributed by atoms with Gasteiger partial charge in [-0.05, 0) is 0 Å². The van der Waals surface area contributed by atoms with Gasteiger partial charge in [-0.1, -0.05) is 0 Å². The molecule has 0 saturated heterocycles. The third kappa shape index (κ3) is 11.4. The largest absolute Gasteiger partial charge is 0.389 e. The molecule has 0 aromatic carbocycles. The third-order valence-corrected chi connectivity index (χ3v) is 1.80. The summed E-state index contributed by atoms with van der Waals surface area (Å²) in [6.45, 7) is 4.42. The minimum absolute atomic E-state index is 0.0507. The number of aliphatic hydroxyl groups excluding tert-OH is 1. The lowest BCUT2D eigenvalue weighted by atomic mass is 10.4. The average Bonchev–Trinajstić information content (AvgIpc) is 2.23. The van der Waals surface area contributed by atoms with Crippen molar-refractivity contribution < 1.29 is 19.4 Å². The molecular weight excluding hydrogens is 212 g/mol. The SMILES string of the molecule is COCCOCC(O)CNCCNC(C)=O. The zero-order valence-electron chi connectivity index (χ0n) is 9.99. The van der Waals surface area contributed by atoms with Crippen LogP contribution in [-0.4, -0.2) is 63.7 Å². The third-order valence-electron chi connectivity index (χ3n) is 1.80. The lowest BCUT2D eigenvalue weighted by molar-refractivity contribution is -0.118. The minimum Gasteiger partial charge on any atom is -0.389 e. The molecule has 3 N–H and O–H groups in total. The van der Waals surface area contributed by atoms with E-state index in [1.165, 1.54) is 6.92 Å². The van der Waals surface area contributed by atoms with E-state index < -0.39 is 6.10 Å². The molecule has 0 spiro atoms. The van der Waals surface area contributed by atoms with Crippen LogP contribution in [0.5, 0.6) is 0 Å². The fourth-order valence-corrected chi connectivity index (χ4v) is 1.02. The van der Waals surface area contributed by atoms with E-state index in [-0.39, 0.29) is 12.5 Å². The molecule has 96 valence electrons. The average molecular weight is 234 g/mol. The van der Waals surface area contributed by atoms with Crippen LogP contribution < -0.4 is 10.6 Å². The minimum atomic E-state index is -0.533. The maximum atomic E-state index is 10.5. The second kappa shape index (κ2) is 10.8. The molecule has 0 aliphatic carbocycles. The van der Waals surface area contributed by atoms with Gasteiger partial charge in [0, 0.05) is 33.7 Å². The molecule has 1 unspecified atom stereocenters. The van der Waals surface area contributed by atoms with Gasteiger partial charge in [0.1, 0.15) is 0 Å². The summed E-state index contributed by atoms with van der Waals surface area (Å²) in [5.74, 6) is -0.0507. The Morgan fingerprint density at radius 2 is 2.12 bits per heavy atom. The second-order valence-electron chi connectivity index (χ2n) is 3.41. The van der Waals surface area contributed by atoms with E-state index in [0.29, 0.717) is 32.8 Å². The maximum Gasteiger partial charge on any atom is 0.216 e. The summed E-state index contributed by atoms with van der Waals surface area (Å²) in [5.41, 5.74) is 0. The Labute approximate surface area is 96.3 Å². The van der Waals surface area contributed by atoms with Crippen molar-refractivity contribution in [1.29, 1.82) is 0 Å². The summed E-state index contributed by atoms with van der Waals surface area (Å²) in [6, 6.07) is 0. The van der Waals surface area contributed by atoms with Gasteiger partial charge >= 0.3 is 0 Å². The lowest BCUT2D eigenvalue weighted by Gasteiger charge is -2.12. The molecule has 6 heteroatoms. The predicted molar refractivity (Wildman–Crippen MR) is 60.3 cm³/mol. The monoisotopic (exact) mass is 234 g/mol. The van der Waals surface area contributed by atoms with Crippen LogP contribution in [-0.2, 0) is 14.3 Å². The molecule has 0 rings (SSSR count). The predicted octanol–water partition coefficient (Wildman–Crippen LogP) is -1.26. The number of carbonyl (C=O) groups excluding carboxylic acids is 1. The molecule has 1 amide bonds. The van der Waals surface area contributed by atoms with Crippen LogP contribution in [0.15, 0.2) is 0 Å². The highest BCUT2D eigenvalue weighted by atomic mass is 16.5. The van der Waals surface area contributed by atoms with Crippen LogP contribution in [0.1, 0.15) is 6.92 Å². The number of aliphatic hydroxyl groups is 1. The fraction of sp³-hybridized carbons (Fsp3) is 0.900. The number of ether oxygens (including phenoxy) is 2. The van der Waals surface area contributed by atoms with E-state index in [1.807, 2.05) is 0 Å². The van der Waals surface area contributed by atoms with Crippen molar-refractivity contribution in [2.75, 3.05) is 46.6 Å². The van der Waals surface area contributed by atoms with Crippen molar-refractivity contribution in [3.63, 3.8) is 0 Å². The highest BCUT2D eigenvalue weighted by molar-refractivity contribution is 5.72. The Bertz CT molecular complexity index is 178. The van der Waals surface area contributed by atoms with Gasteiger partial charge in [0.2, 0.25) is 5.91 Å². The first-order chi connectivity index (χ1) is 7.66. The number of methoxy groups -OCH3 is 1. The van der Waals surface area contributed by atoms with E-state index in [4.69, 9.17) is 9.47 Å². The Morgan fingerprint density at radius 3 is 2.75 bits per heavy atom. The molecule has 0 fully saturated rings. The van der Waals surface area contributed by atoms with Crippen LogP contribution in [0.4, 0.5) is 0 Å². The number of amides is 1. The smallest absolute Gasteiger partial charge is 0.216 e. The first kappa shape index (κ1) is 15.3. The van der Waals surface area contributed by atoms with Crippen LogP contribution in [0.3, 0.4) is 0 Å². The normalized spacial score (nSPS) is 12.4. The summed E-state index contributed by atoms with van der Waals surface area (Å²) < 4.78 is 9.94. The van der Waals surface area contributed by atoms with Crippen LogP contribution >= 0.6 is 0 Å². The van der Waals surface area contributed by atoms with Crippen molar-refractivity contribution >= 4 is 5.91 Å². The first-order valence-corrected chi connectivity index (χ1v) is 5.36. The van der Waals surface area contributed by atoms with Crippen LogP contribution in [0.2, 0.25) is 0 Å². The lowest BCUT2D eigenvalue weighted by Crippen LogP contribution is -2.36. The van der Waals surface area contributed by atoms with Crippen molar-refractivity contribution in [3.05, 3.63) is 0 Å². The fourth-order valence-electron chi connectivity index (χ4n) is 1.02. The molecule has 0 heterocycles. The summed E-state index contributed by atoms with van der Waals surface area (Å²) in [7, 11) is 1.60. The van der Waals surface area contributed by atoms with E-state index in [9.17, 15) is 9.90 Å². The molecule has 0 bridgehead atoms. The van der Waals surface area contributed by atoms with Crippen molar-refractivity contribution in [2.24, 2.45) is 0 Å². The molecule has 0 saturated carbocycles. The summed E-state index contributed by atoms with van der Waals surface area (Å²) in [4.78, 5) is 10.5. The molecule has 0 radical (unpaired) electrons. The van der Waals surface area contributed by atoms with Crippen LogP contribution in [0, 0.1) is 0 Å². The van der Waals surface area contributed by atoms with Gasteiger partial charge in [0.05, 0.1) is 25.9 Å². The Hall–Kier alpha value is -0.690. The van der Waals surface area contributed by atoms with Crippen molar-refractivity contribution in [1.82, 2.24) is 10.6 Å². The molecule has 6 nitrogen and oxygen atoms in total. The van der Waals surface area contributed by atoms with Crippen LogP contribution in [0.25, 0.3) is 0 Å². The molecule has 0 aliphatic heterocycles. The summed E-state index contributed by atoms with van der Waals surface area (Å²) in [6.07, 6.45) is -0.533. The number of carbonyl (C=O) groups is 1. The molecule has 1 atom stereocenters. The first-order valence-electron chi connectivity index (χ1n) is 5.36. The highest BCUT2D eigenvalue weighted by Crippen LogP contribution is 1.84. The number of hydrogen-bond acceptors (Lipinski definition) is 5. The summed E-state index contributed by atoms with van der Waals surface area (Å²) >= 11 is 0. The molecular formula is C10H22N2O4. The Morgan fingerprint density at radius 1 is 1.38 bits per heavy atom. The highest BCUT2D eigenvalue weighted by Gasteiger charge is 2.02. The van der Waals surface area contributed by atoms with E-state index in [2.05, 4.69) is 10.6 Å². The molecule has 0 aromatic heterocycles. The molecule has 0 aromatic rings. The van der Waals surface area contributed by atoms with E-state index >= 15 is 0 Å². The van der Waals surface area contributed by atoms with E-state index in [0.717, 1.165) is 0 Å². The topological polar surface area (TPSA) is 79.8 Å². The van der Waals surface area contributed by atoms with Gasteiger partial charge in [0.15, 0.2) is 0 Å². The Balaban J connectivity index is 3.17. The number of rotatable bonds is 10. The standard InChI is InChI=1S/C10H22N2O4/c1-9(13)12-4-3-11-7-10(14)8-16-6-5-15-2/h10-11,14H,3-8H2,1-2H3,(H,12,13). The van der Waals surface area contributed by atoms with Crippen molar-refractivity contribution in [3.8, 4) is 0 Å². The maximum absolute atomic E-state index is 10.5. The van der Waals surface area contributed by atoms with Gasteiger partial charge in [-0.25, -0.2) is 0 Å². The van der Waals surface area contributed by atoms with Gasteiger partial charge < -0.3 is 25.2 Å². The number of hydrogen-bond donors (Lipinski definition) is 3. The molecule has 16 heavy (non-hydrogen) atoms. The van der Waals surface area contributed by atoms with Gasteiger partial charge in [-0.15, -0.1) is 0 Å². The Kier molecular flexibility index (Phi) is 10.3. The van der Waals surface area contributed by atoms with Gasteiger partial charge in [-0.3, -0.25) is 4.79 Å². The summed E-state index contributed by atoms with van der Waals surface area (Å²) in [5, 5.41) is 15.1. The quantitative estimate of drug-likeness (QED) is 0.411. The zero-order chi connectivity index (χ0) is 12.2. The zero-order valence-corrected chi connectivity index (χ0v) is 9.99. The van der Waals surface area contributed by atoms with Gasteiger partial charge in [0.25, 0.3) is 0 Å². The second-order valence-corrected chi connectivity index (χ2v) is 3.41. The van der Waals surface area contributed by atoms with Gasteiger partial charge in [-0.2, -0.15) is 0 Å². The molecule has 0 aliphatic rings. The van der Waals surface area contributed by atoms with E-state index in [1.54, 1.807) is 7.11 Å². The van der Waals surface area contributed by atoms with Crippen molar-refractivity contribution in [2.45, 2.75) is 13.0 Å². The number of nitrogens with one attached hydrogen (secondary N) is 2.